The number of phenolic OH excluding ortho intramolecular Hbond substituents is 1. The van der Waals surface area contributed by atoms with Crippen molar-refractivity contribution < 1.29 is 23.5 Å². The van der Waals surface area contributed by atoms with Crippen LogP contribution < -0.4 is 0 Å². The Balaban J connectivity index is 2.36. The van der Waals surface area contributed by atoms with Gasteiger partial charge in [-0.1, -0.05) is 31.9 Å². The van der Waals surface area contributed by atoms with E-state index in [0.29, 0.717) is 14.5 Å². The van der Waals surface area contributed by atoms with Crippen molar-refractivity contribution in [3.63, 3.8) is 0 Å². The van der Waals surface area contributed by atoms with Crippen LogP contribution in [0.1, 0.15) is 31.4 Å². The first kappa shape index (κ1) is 13.6. The standard InChI is InChI=1S/C18H14Br2O4/c1-9-13(19)6-10(7-14(9)20)18(23)17-12-3-2-11(22)8-16(12)24-15(17)4-5-21/h2-3,6-8,21-22H,4-5H2,1H3/i2D,3D,8D. The third kappa shape index (κ3) is 3.01. The van der Waals surface area contributed by atoms with Gasteiger partial charge in [0.1, 0.15) is 17.1 Å². The second-order valence-electron chi connectivity index (χ2n) is 5.20. The molecule has 0 saturated heterocycles. The van der Waals surface area contributed by atoms with E-state index in [4.69, 9.17) is 8.53 Å². The van der Waals surface area contributed by atoms with Gasteiger partial charge in [0, 0.05) is 32.4 Å². The number of aliphatic hydroxyl groups is 1. The monoisotopic (exact) mass is 455 g/mol. The lowest BCUT2D eigenvalue weighted by molar-refractivity contribution is 0.103. The number of phenols is 1. The summed E-state index contributed by atoms with van der Waals surface area (Å²) in [5.74, 6) is -1.04. The van der Waals surface area contributed by atoms with E-state index in [-0.39, 0.29) is 35.3 Å². The molecule has 3 aromatic rings. The number of halogens is 2. The lowest BCUT2D eigenvalue weighted by Gasteiger charge is -2.07. The van der Waals surface area contributed by atoms with Crippen LogP contribution in [0.25, 0.3) is 11.0 Å². The van der Waals surface area contributed by atoms with Crippen molar-refractivity contribution in [2.75, 3.05) is 6.61 Å². The molecule has 0 amide bonds. The zero-order valence-corrected chi connectivity index (χ0v) is 15.7. The normalized spacial score (nSPS) is 12.9. The average Bonchev–Trinajstić information content (AvgIpc) is 3.01. The molecule has 0 aliphatic rings. The lowest BCUT2D eigenvalue weighted by Crippen LogP contribution is -2.05. The van der Waals surface area contributed by atoms with Gasteiger partial charge >= 0.3 is 0 Å². The Labute approximate surface area is 159 Å². The summed E-state index contributed by atoms with van der Waals surface area (Å²) in [6.45, 7) is 1.57. The Bertz CT molecular complexity index is 1070. The molecule has 0 radical (unpaired) electrons. The number of benzene rings is 2. The van der Waals surface area contributed by atoms with E-state index in [2.05, 4.69) is 31.9 Å². The smallest absolute Gasteiger partial charge is 0.197 e. The fraction of sp³-hybridized carbons (Fsp3) is 0.167. The predicted molar refractivity (Wildman–Crippen MR) is 98.7 cm³/mol. The topological polar surface area (TPSA) is 70.7 Å². The zero-order chi connectivity index (χ0) is 20.0. The summed E-state index contributed by atoms with van der Waals surface area (Å²) in [4.78, 5) is 13.2. The van der Waals surface area contributed by atoms with Gasteiger partial charge in [-0.25, -0.2) is 0 Å². The Morgan fingerprint density at radius 1 is 1.29 bits per heavy atom. The Morgan fingerprint density at radius 3 is 2.58 bits per heavy atom. The van der Waals surface area contributed by atoms with Crippen LogP contribution in [0.4, 0.5) is 0 Å². The zero-order valence-electron chi connectivity index (χ0n) is 15.5. The molecule has 0 aliphatic carbocycles. The lowest BCUT2D eigenvalue weighted by atomic mass is 9.98. The second-order valence-corrected chi connectivity index (χ2v) is 6.90. The van der Waals surface area contributed by atoms with E-state index in [1.807, 2.05) is 6.92 Å². The van der Waals surface area contributed by atoms with Crippen LogP contribution >= 0.6 is 31.9 Å². The van der Waals surface area contributed by atoms with Crippen molar-refractivity contribution in [1.82, 2.24) is 0 Å². The molecular weight excluding hydrogens is 440 g/mol. The predicted octanol–water partition coefficient (Wildman–Crippen LogP) is 4.74. The van der Waals surface area contributed by atoms with E-state index in [1.54, 1.807) is 12.1 Å². The first-order valence-electron chi connectivity index (χ1n) is 8.54. The third-order valence-corrected chi connectivity index (χ3v) is 5.28. The highest BCUT2D eigenvalue weighted by Gasteiger charge is 2.23. The Hall–Kier alpha value is -1.63. The van der Waals surface area contributed by atoms with Crippen LogP contribution in [0.2, 0.25) is 0 Å². The number of carbonyl (C=O) groups is 1. The quantitative estimate of drug-likeness (QED) is 0.556. The maximum Gasteiger partial charge on any atom is 0.197 e. The Kier molecular flexibility index (Phi) is 3.81. The van der Waals surface area contributed by atoms with Crippen molar-refractivity contribution in [1.29, 1.82) is 0 Å². The fourth-order valence-electron chi connectivity index (χ4n) is 2.38. The van der Waals surface area contributed by atoms with Gasteiger partial charge in [-0.2, -0.15) is 0 Å². The largest absolute Gasteiger partial charge is 0.508 e. The van der Waals surface area contributed by atoms with Gasteiger partial charge in [-0.15, -0.1) is 0 Å². The minimum atomic E-state index is -0.684. The number of hydrogen-bond donors (Lipinski definition) is 2. The van der Waals surface area contributed by atoms with Gasteiger partial charge in [0.05, 0.1) is 16.3 Å². The summed E-state index contributed by atoms with van der Waals surface area (Å²) in [5.41, 5.74) is 1.10. The van der Waals surface area contributed by atoms with Gasteiger partial charge in [0.25, 0.3) is 0 Å². The van der Waals surface area contributed by atoms with Gasteiger partial charge in [0.2, 0.25) is 0 Å². The maximum atomic E-state index is 13.2. The van der Waals surface area contributed by atoms with E-state index < -0.39 is 29.7 Å². The highest BCUT2D eigenvalue weighted by molar-refractivity contribution is 9.11. The highest BCUT2D eigenvalue weighted by atomic mass is 79.9. The molecule has 0 unspecified atom stereocenters. The van der Waals surface area contributed by atoms with Gasteiger partial charge < -0.3 is 14.6 Å². The number of hydrogen-bond acceptors (Lipinski definition) is 4. The van der Waals surface area contributed by atoms with Gasteiger partial charge in [-0.05, 0) is 36.7 Å². The van der Waals surface area contributed by atoms with Crippen LogP contribution in [0.15, 0.2) is 43.6 Å². The molecule has 0 spiro atoms. The van der Waals surface area contributed by atoms with E-state index >= 15 is 0 Å². The highest BCUT2D eigenvalue weighted by Crippen LogP contribution is 2.33. The molecule has 0 fully saturated rings. The maximum absolute atomic E-state index is 13.2. The summed E-state index contributed by atoms with van der Waals surface area (Å²) in [5, 5.41) is 19.2. The minimum Gasteiger partial charge on any atom is -0.508 e. The first-order valence-corrected chi connectivity index (χ1v) is 8.62. The van der Waals surface area contributed by atoms with E-state index in [9.17, 15) is 15.0 Å². The number of rotatable bonds is 4. The molecule has 24 heavy (non-hydrogen) atoms. The summed E-state index contributed by atoms with van der Waals surface area (Å²) >= 11 is 6.80. The van der Waals surface area contributed by atoms with Crippen LogP contribution in [-0.2, 0) is 6.42 Å². The molecule has 4 nitrogen and oxygen atoms in total. The molecule has 6 heteroatoms. The van der Waals surface area contributed by atoms with Crippen molar-refractivity contribution in [2.45, 2.75) is 13.3 Å². The van der Waals surface area contributed by atoms with Crippen LogP contribution in [0, 0.1) is 6.92 Å². The summed E-state index contributed by atoms with van der Waals surface area (Å²) < 4.78 is 31.0. The molecular formula is C18H14Br2O4. The number of furan rings is 1. The van der Waals surface area contributed by atoms with E-state index in [0.717, 1.165) is 5.56 Å². The number of ketones is 1. The van der Waals surface area contributed by atoms with Crippen LogP contribution in [-0.4, -0.2) is 22.6 Å². The molecule has 1 heterocycles. The van der Waals surface area contributed by atoms with Crippen molar-refractivity contribution in [3.8, 4) is 5.75 Å². The second kappa shape index (κ2) is 6.70. The minimum absolute atomic E-state index is 0.00305. The average molecular weight is 457 g/mol. The molecule has 124 valence electrons. The van der Waals surface area contributed by atoms with Crippen LogP contribution in [0.5, 0.6) is 5.75 Å². The number of aromatic hydroxyl groups is 1. The number of aliphatic hydroxyl groups excluding tert-OH is 1. The number of fused-ring (bicyclic) bond motifs is 1. The van der Waals surface area contributed by atoms with Crippen molar-refractivity contribution >= 4 is 48.6 Å². The number of carbonyl (C=O) groups excluding carboxylic acids is 1. The summed E-state index contributed by atoms with van der Waals surface area (Å²) in [7, 11) is 0. The summed E-state index contributed by atoms with van der Waals surface area (Å²) in [6, 6.07) is 1.86. The van der Waals surface area contributed by atoms with Crippen molar-refractivity contribution in [3.05, 3.63) is 61.7 Å². The Morgan fingerprint density at radius 2 is 1.96 bits per heavy atom. The third-order valence-electron chi connectivity index (χ3n) is 3.63. The molecule has 0 bridgehead atoms. The molecule has 0 atom stereocenters. The molecule has 1 aromatic heterocycles. The van der Waals surface area contributed by atoms with Crippen LogP contribution in [0.3, 0.4) is 0 Å². The molecule has 0 aliphatic heterocycles. The fourth-order valence-corrected chi connectivity index (χ4v) is 3.57. The molecule has 2 aromatic carbocycles. The molecule has 3 rings (SSSR count). The first-order chi connectivity index (χ1) is 12.7. The van der Waals surface area contributed by atoms with E-state index in [1.165, 1.54) is 0 Å². The SMILES string of the molecule is [2H]c1c(O)c([2H])c2oc(CCO)c(C(=O)c3cc(Br)c(C)c(Br)c3)c2c1[2H]. The molecule has 0 saturated carbocycles. The van der Waals surface area contributed by atoms with Gasteiger partial charge in [-0.3, -0.25) is 4.79 Å². The van der Waals surface area contributed by atoms with Gasteiger partial charge in [0.15, 0.2) is 5.78 Å². The summed E-state index contributed by atoms with van der Waals surface area (Å²) in [6.07, 6.45) is -0.00305. The van der Waals surface area contributed by atoms with Crippen molar-refractivity contribution in [2.24, 2.45) is 0 Å². The molecule has 2 N–H and O–H groups in total.